The number of benzene rings is 2. The summed E-state index contributed by atoms with van der Waals surface area (Å²) in [5, 5.41) is 19.7. The van der Waals surface area contributed by atoms with Crippen molar-refractivity contribution in [3.05, 3.63) is 35.5 Å². The van der Waals surface area contributed by atoms with Crippen LogP contribution < -0.4 is 20.3 Å². The fourth-order valence-corrected chi connectivity index (χ4v) is 2.19. The molecule has 1 aliphatic rings. The summed E-state index contributed by atoms with van der Waals surface area (Å²) in [4.78, 5) is 4.03. The van der Waals surface area contributed by atoms with Crippen LogP contribution in [0.5, 0.6) is 11.5 Å². The highest BCUT2D eigenvalue weighted by Crippen LogP contribution is 2.37. The number of anilines is 1. The molecule has 2 aromatic carbocycles. The van der Waals surface area contributed by atoms with Crippen LogP contribution in [0, 0.1) is 5.21 Å². The minimum atomic E-state index is -0.103. The van der Waals surface area contributed by atoms with E-state index in [0.29, 0.717) is 39.9 Å². The molecule has 1 unspecified atom stereocenters. The van der Waals surface area contributed by atoms with E-state index in [-0.39, 0.29) is 5.06 Å². The van der Waals surface area contributed by atoms with Crippen LogP contribution in [0.1, 0.15) is 0 Å². The number of hydrogen-bond donors (Lipinski definition) is 2. The van der Waals surface area contributed by atoms with Gasteiger partial charge in [0.25, 0.3) is 0 Å². The fourth-order valence-electron chi connectivity index (χ4n) is 2.19. The van der Waals surface area contributed by atoms with Crippen molar-refractivity contribution in [2.24, 2.45) is 15.2 Å². The SMILES string of the molecule is COc1cc(N=Nc2ccc3c(c2)N=C[NH+]3[O-])c(OC)cc1N. The lowest BCUT2D eigenvalue weighted by Crippen LogP contribution is -2.99. The molecule has 0 saturated heterocycles. The summed E-state index contributed by atoms with van der Waals surface area (Å²) in [5.41, 5.74) is 8.50. The number of nitrogens with one attached hydrogen (secondary N) is 1. The van der Waals surface area contributed by atoms with Crippen molar-refractivity contribution in [1.82, 2.24) is 0 Å². The third-order valence-corrected chi connectivity index (χ3v) is 3.37. The second kappa shape index (κ2) is 6.03. The van der Waals surface area contributed by atoms with Crippen molar-refractivity contribution in [2.45, 2.75) is 0 Å². The van der Waals surface area contributed by atoms with Crippen molar-refractivity contribution in [1.29, 1.82) is 0 Å². The Kier molecular flexibility index (Phi) is 3.92. The zero-order valence-electron chi connectivity index (χ0n) is 12.6. The molecule has 3 N–H and O–H groups in total. The van der Waals surface area contributed by atoms with Crippen LogP contribution in [0.2, 0.25) is 0 Å². The molecule has 118 valence electrons. The van der Waals surface area contributed by atoms with Gasteiger partial charge in [-0.25, -0.2) is 0 Å². The Labute approximate surface area is 132 Å². The number of aliphatic imine (C=N–C) groups is 1. The molecular formula is C15H15N5O3. The van der Waals surface area contributed by atoms with Crippen molar-refractivity contribution in [3.8, 4) is 11.5 Å². The van der Waals surface area contributed by atoms with E-state index in [4.69, 9.17) is 15.2 Å². The molecule has 1 atom stereocenters. The molecule has 0 aromatic heterocycles. The van der Waals surface area contributed by atoms with Crippen LogP contribution >= 0.6 is 0 Å². The largest absolute Gasteiger partial charge is 0.623 e. The molecule has 2 aromatic rings. The first kappa shape index (κ1) is 14.9. The highest BCUT2D eigenvalue weighted by molar-refractivity contribution is 5.75. The molecule has 23 heavy (non-hydrogen) atoms. The maximum Gasteiger partial charge on any atom is 0.194 e. The number of ether oxygens (including phenoxy) is 2. The first-order valence-electron chi connectivity index (χ1n) is 6.78. The Morgan fingerprint density at radius 2 is 1.87 bits per heavy atom. The van der Waals surface area contributed by atoms with Crippen molar-refractivity contribution in [3.63, 3.8) is 0 Å². The minimum Gasteiger partial charge on any atom is -0.623 e. The monoisotopic (exact) mass is 313 g/mol. The van der Waals surface area contributed by atoms with Crippen molar-refractivity contribution < 1.29 is 14.5 Å². The number of fused-ring (bicyclic) bond motifs is 1. The zero-order valence-corrected chi connectivity index (χ0v) is 12.6. The predicted molar refractivity (Wildman–Crippen MR) is 86.7 cm³/mol. The van der Waals surface area contributed by atoms with E-state index >= 15 is 0 Å². The third kappa shape index (κ3) is 2.85. The van der Waals surface area contributed by atoms with Gasteiger partial charge < -0.3 is 20.4 Å². The molecule has 0 saturated carbocycles. The molecule has 0 spiro atoms. The van der Waals surface area contributed by atoms with Gasteiger partial charge in [0, 0.05) is 18.2 Å². The van der Waals surface area contributed by atoms with Gasteiger partial charge in [-0.15, -0.1) is 5.11 Å². The highest BCUT2D eigenvalue weighted by Gasteiger charge is 2.15. The quantitative estimate of drug-likeness (QED) is 0.513. The van der Waals surface area contributed by atoms with Crippen LogP contribution in [0.3, 0.4) is 0 Å². The molecular weight excluding hydrogens is 298 g/mol. The lowest BCUT2D eigenvalue weighted by Gasteiger charge is -2.11. The summed E-state index contributed by atoms with van der Waals surface area (Å²) in [6.45, 7) is 0. The van der Waals surface area contributed by atoms with Gasteiger partial charge >= 0.3 is 0 Å². The van der Waals surface area contributed by atoms with Gasteiger partial charge in [0.15, 0.2) is 12.0 Å². The molecule has 0 amide bonds. The molecule has 0 aliphatic carbocycles. The van der Waals surface area contributed by atoms with E-state index in [9.17, 15) is 5.21 Å². The summed E-state index contributed by atoms with van der Waals surface area (Å²) in [7, 11) is 3.05. The Morgan fingerprint density at radius 1 is 1.09 bits per heavy atom. The number of quaternary nitrogens is 1. The molecule has 8 nitrogen and oxygen atoms in total. The molecule has 1 heterocycles. The van der Waals surface area contributed by atoms with E-state index in [2.05, 4.69) is 15.2 Å². The number of hydroxylamine groups is 1. The van der Waals surface area contributed by atoms with Crippen LogP contribution in [0.15, 0.2) is 45.6 Å². The lowest BCUT2D eigenvalue weighted by atomic mass is 10.2. The van der Waals surface area contributed by atoms with Gasteiger partial charge in [0.2, 0.25) is 0 Å². The van der Waals surface area contributed by atoms with E-state index in [1.54, 1.807) is 30.3 Å². The summed E-state index contributed by atoms with van der Waals surface area (Å²) in [6, 6.07) is 8.35. The van der Waals surface area contributed by atoms with E-state index in [1.807, 2.05) is 0 Å². The zero-order chi connectivity index (χ0) is 16.4. The maximum absolute atomic E-state index is 11.5. The maximum atomic E-state index is 11.5. The molecule has 0 radical (unpaired) electrons. The van der Waals surface area contributed by atoms with Crippen molar-refractivity contribution in [2.75, 3.05) is 20.0 Å². The molecule has 0 fully saturated rings. The van der Waals surface area contributed by atoms with Gasteiger partial charge in [-0.2, -0.15) is 10.1 Å². The Balaban J connectivity index is 1.92. The van der Waals surface area contributed by atoms with Gasteiger partial charge in [-0.1, -0.05) is 0 Å². The standard InChI is InChI=1S/C15H15N5O3/c1-22-14-7-12(15(23-2)6-10(14)16)19-18-9-3-4-13-11(5-9)17-8-20(13)21/h3-8,20H,16H2,1-2H3. The van der Waals surface area contributed by atoms with Crippen LogP contribution in [-0.2, 0) is 0 Å². The van der Waals surface area contributed by atoms with E-state index in [0.717, 1.165) is 0 Å². The van der Waals surface area contributed by atoms with Crippen LogP contribution in [0.4, 0.5) is 28.4 Å². The normalized spacial score (nSPS) is 15.9. The highest BCUT2D eigenvalue weighted by atomic mass is 16.5. The van der Waals surface area contributed by atoms with Gasteiger partial charge in [0.05, 0.1) is 25.6 Å². The molecule has 0 bridgehead atoms. The second-order valence-corrected chi connectivity index (χ2v) is 4.79. The average Bonchev–Trinajstić information content (AvgIpc) is 2.94. The molecule has 3 rings (SSSR count). The Morgan fingerprint density at radius 3 is 2.61 bits per heavy atom. The minimum absolute atomic E-state index is 0.103. The second-order valence-electron chi connectivity index (χ2n) is 4.79. The number of hydrogen-bond acceptors (Lipinski definition) is 7. The van der Waals surface area contributed by atoms with Crippen LogP contribution in [-0.4, -0.2) is 20.6 Å². The number of rotatable bonds is 4. The van der Waals surface area contributed by atoms with Gasteiger partial charge in [-0.3, -0.25) is 5.06 Å². The van der Waals surface area contributed by atoms with Gasteiger partial charge in [0.1, 0.15) is 22.9 Å². The topological polar surface area (TPSA) is 109 Å². The summed E-state index contributed by atoms with van der Waals surface area (Å²) in [6.07, 6.45) is 1.29. The van der Waals surface area contributed by atoms with Gasteiger partial charge in [-0.05, 0) is 12.1 Å². The number of methoxy groups -OCH3 is 2. The van der Waals surface area contributed by atoms with E-state index in [1.165, 1.54) is 20.6 Å². The number of nitrogens with zero attached hydrogens (tertiary/aromatic N) is 3. The number of nitrogens with two attached hydrogens (primary N) is 1. The number of azo groups is 1. The smallest absolute Gasteiger partial charge is 0.194 e. The molecule has 1 aliphatic heterocycles. The van der Waals surface area contributed by atoms with Crippen LogP contribution in [0.25, 0.3) is 0 Å². The first-order chi connectivity index (χ1) is 11.1. The third-order valence-electron chi connectivity index (χ3n) is 3.37. The summed E-state index contributed by atoms with van der Waals surface area (Å²) >= 11 is 0. The first-order valence-corrected chi connectivity index (χ1v) is 6.78. The summed E-state index contributed by atoms with van der Waals surface area (Å²) in [5.74, 6) is 0.977. The Hall–Kier alpha value is -2.97. The van der Waals surface area contributed by atoms with E-state index < -0.39 is 0 Å². The number of nitrogen functional groups attached to an aromatic ring is 1. The Bertz CT molecular complexity index is 804. The lowest BCUT2D eigenvalue weighted by molar-refractivity contribution is -0.655. The van der Waals surface area contributed by atoms with Crippen molar-refractivity contribution >= 4 is 34.8 Å². The average molecular weight is 313 g/mol. The molecule has 8 heteroatoms. The fraction of sp³-hybridized carbons (Fsp3) is 0.133. The predicted octanol–water partition coefficient (Wildman–Crippen LogP) is 2.39. The summed E-state index contributed by atoms with van der Waals surface area (Å²) < 4.78 is 10.4.